The highest BCUT2D eigenvalue weighted by Gasteiger charge is 2.33. The van der Waals surface area contributed by atoms with Gasteiger partial charge in [-0.05, 0) is 68.5 Å². The second-order valence-electron chi connectivity index (χ2n) is 7.49. The molecule has 0 saturated heterocycles. The summed E-state index contributed by atoms with van der Waals surface area (Å²) in [5.74, 6) is -0.344. The molecule has 5 nitrogen and oxygen atoms in total. The summed E-state index contributed by atoms with van der Waals surface area (Å²) >= 11 is 6.11. The van der Waals surface area contributed by atoms with Crippen molar-refractivity contribution in [2.75, 3.05) is 10.6 Å². The van der Waals surface area contributed by atoms with Crippen LogP contribution in [0.15, 0.2) is 36.4 Å². The molecule has 2 aromatic rings. The van der Waals surface area contributed by atoms with E-state index in [1.807, 2.05) is 39.0 Å². The lowest BCUT2D eigenvalue weighted by Gasteiger charge is -2.32. The number of halogens is 1. The number of nitrogens with one attached hydrogen (secondary N) is 1. The number of anilines is 1. The van der Waals surface area contributed by atoms with Crippen molar-refractivity contribution < 1.29 is 13.2 Å². The van der Waals surface area contributed by atoms with Gasteiger partial charge in [0.1, 0.15) is 6.04 Å². The number of nitrogens with zero attached hydrogens (tertiary/aromatic N) is 1. The van der Waals surface area contributed by atoms with Crippen molar-refractivity contribution in [3.8, 4) is 0 Å². The van der Waals surface area contributed by atoms with Crippen LogP contribution < -0.4 is 9.62 Å². The van der Waals surface area contributed by atoms with Gasteiger partial charge in [-0.2, -0.15) is 0 Å². The first kappa shape index (κ1) is 23.2. The van der Waals surface area contributed by atoms with E-state index in [4.69, 9.17) is 11.6 Å². The molecule has 0 aliphatic carbocycles. The van der Waals surface area contributed by atoms with Crippen molar-refractivity contribution >= 4 is 33.2 Å². The summed E-state index contributed by atoms with van der Waals surface area (Å²) < 4.78 is 26.5. The van der Waals surface area contributed by atoms with Gasteiger partial charge < -0.3 is 5.32 Å². The summed E-state index contributed by atoms with van der Waals surface area (Å²) in [5, 5.41) is 3.39. The van der Waals surface area contributed by atoms with E-state index in [9.17, 15) is 13.2 Å². The van der Waals surface area contributed by atoms with E-state index in [0.29, 0.717) is 17.1 Å². The molecule has 0 aliphatic rings. The van der Waals surface area contributed by atoms with Crippen molar-refractivity contribution in [3.05, 3.63) is 63.7 Å². The zero-order valence-corrected chi connectivity index (χ0v) is 19.4. The van der Waals surface area contributed by atoms with Gasteiger partial charge in [0.15, 0.2) is 0 Å². The molecule has 0 aromatic heterocycles. The maximum Gasteiger partial charge on any atom is 0.244 e. The van der Waals surface area contributed by atoms with E-state index in [1.165, 1.54) is 9.87 Å². The quantitative estimate of drug-likeness (QED) is 0.684. The third-order valence-corrected chi connectivity index (χ3v) is 6.53. The molecular weight excluding hydrogens is 408 g/mol. The van der Waals surface area contributed by atoms with Gasteiger partial charge in [0.2, 0.25) is 15.9 Å². The van der Waals surface area contributed by atoms with Crippen LogP contribution in [0.3, 0.4) is 0 Å². The van der Waals surface area contributed by atoms with Crippen LogP contribution in [0.25, 0.3) is 0 Å². The molecule has 1 N–H and O–H groups in total. The Kier molecular flexibility index (Phi) is 7.35. The van der Waals surface area contributed by atoms with E-state index in [0.717, 1.165) is 22.9 Å². The maximum atomic E-state index is 13.1. The van der Waals surface area contributed by atoms with Gasteiger partial charge in [0.25, 0.3) is 0 Å². The lowest BCUT2D eigenvalue weighted by molar-refractivity contribution is -0.122. The second kappa shape index (κ2) is 9.18. The Bertz CT molecular complexity index is 1010. The third-order valence-electron chi connectivity index (χ3n) is 5.13. The number of rotatable bonds is 7. The maximum absolute atomic E-state index is 13.1. The number of amides is 1. The number of hydrogen-bond acceptors (Lipinski definition) is 3. The third kappa shape index (κ3) is 5.52. The summed E-state index contributed by atoms with van der Waals surface area (Å²) in [5.41, 5.74) is 4.44. The fourth-order valence-corrected chi connectivity index (χ4v) is 4.71. The molecule has 2 aromatic carbocycles. The largest absolute Gasteiger partial charge is 0.348 e. The van der Waals surface area contributed by atoms with Gasteiger partial charge in [0, 0.05) is 5.02 Å². The molecule has 0 radical (unpaired) electrons. The molecule has 2 atom stereocenters. The Morgan fingerprint density at radius 1 is 1.07 bits per heavy atom. The molecule has 0 aliphatic heterocycles. The van der Waals surface area contributed by atoms with Crippen molar-refractivity contribution in [2.45, 2.75) is 53.1 Å². The fourth-order valence-electron chi connectivity index (χ4n) is 3.28. The molecule has 0 unspecified atom stereocenters. The smallest absolute Gasteiger partial charge is 0.244 e. The second-order valence-corrected chi connectivity index (χ2v) is 9.78. The molecule has 158 valence electrons. The number of sulfonamides is 1. The fraction of sp³-hybridized carbons (Fsp3) is 0.409. The standard InChI is InChI=1S/C22H29ClN2O3S/c1-7-20(22(26)24-17(5)18-10-8-14(2)16(4)12-18)25(29(6,27)28)21-13-19(23)11-9-15(21)3/h8-13,17,20H,7H2,1-6H3,(H,24,26)/t17-,20+/m0/s1. The molecule has 0 spiro atoms. The average molecular weight is 437 g/mol. The predicted molar refractivity (Wildman–Crippen MR) is 120 cm³/mol. The zero-order valence-electron chi connectivity index (χ0n) is 17.8. The van der Waals surface area contributed by atoms with E-state index in [1.54, 1.807) is 32.0 Å². The van der Waals surface area contributed by atoms with Crippen LogP contribution in [-0.4, -0.2) is 26.6 Å². The number of carbonyl (C=O) groups is 1. The molecule has 1 amide bonds. The van der Waals surface area contributed by atoms with Crippen molar-refractivity contribution in [1.29, 1.82) is 0 Å². The van der Waals surface area contributed by atoms with E-state index < -0.39 is 16.1 Å². The molecule has 29 heavy (non-hydrogen) atoms. The number of hydrogen-bond donors (Lipinski definition) is 1. The van der Waals surface area contributed by atoms with Crippen molar-refractivity contribution in [2.24, 2.45) is 0 Å². The van der Waals surface area contributed by atoms with Crippen LogP contribution in [-0.2, 0) is 14.8 Å². The van der Waals surface area contributed by atoms with Crippen LogP contribution in [0.5, 0.6) is 0 Å². The number of benzene rings is 2. The van der Waals surface area contributed by atoms with Crippen LogP contribution in [0.4, 0.5) is 5.69 Å². The minimum atomic E-state index is -3.71. The van der Waals surface area contributed by atoms with Gasteiger partial charge in [-0.1, -0.05) is 42.8 Å². The van der Waals surface area contributed by atoms with Gasteiger partial charge in [-0.25, -0.2) is 8.42 Å². The van der Waals surface area contributed by atoms with Gasteiger partial charge >= 0.3 is 0 Å². The lowest BCUT2D eigenvalue weighted by atomic mass is 10.0. The first-order chi connectivity index (χ1) is 13.5. The van der Waals surface area contributed by atoms with Gasteiger partial charge in [-0.15, -0.1) is 0 Å². The van der Waals surface area contributed by atoms with Gasteiger partial charge in [-0.3, -0.25) is 9.10 Å². The summed E-state index contributed by atoms with van der Waals surface area (Å²) in [6, 6.07) is 9.93. The highest BCUT2D eigenvalue weighted by Crippen LogP contribution is 2.29. The summed E-state index contributed by atoms with van der Waals surface area (Å²) in [4.78, 5) is 13.1. The molecule has 7 heteroatoms. The van der Waals surface area contributed by atoms with Gasteiger partial charge in [0.05, 0.1) is 18.0 Å². The molecule has 2 rings (SSSR count). The topological polar surface area (TPSA) is 66.5 Å². The normalized spacial score (nSPS) is 13.6. The van der Waals surface area contributed by atoms with E-state index in [-0.39, 0.29) is 11.9 Å². The SMILES string of the molecule is CC[C@H](C(=O)N[C@@H](C)c1ccc(C)c(C)c1)N(c1cc(Cl)ccc1C)S(C)(=O)=O. The molecule has 0 heterocycles. The first-order valence-electron chi connectivity index (χ1n) is 9.58. The Balaban J connectivity index is 2.38. The highest BCUT2D eigenvalue weighted by atomic mass is 35.5. The van der Waals surface area contributed by atoms with Crippen LogP contribution in [0, 0.1) is 20.8 Å². The predicted octanol–water partition coefficient (Wildman–Crippen LogP) is 4.69. The summed E-state index contributed by atoms with van der Waals surface area (Å²) in [6.07, 6.45) is 1.43. The first-order valence-corrected chi connectivity index (χ1v) is 11.8. The molecule has 0 saturated carbocycles. The van der Waals surface area contributed by atoms with Crippen LogP contribution in [0.1, 0.15) is 48.6 Å². The summed E-state index contributed by atoms with van der Waals surface area (Å²) in [7, 11) is -3.71. The van der Waals surface area contributed by atoms with Crippen LogP contribution >= 0.6 is 11.6 Å². The number of aryl methyl sites for hydroxylation is 3. The molecule has 0 bridgehead atoms. The van der Waals surface area contributed by atoms with E-state index in [2.05, 4.69) is 5.32 Å². The van der Waals surface area contributed by atoms with Crippen molar-refractivity contribution in [1.82, 2.24) is 5.32 Å². The Morgan fingerprint density at radius 3 is 2.24 bits per heavy atom. The van der Waals surface area contributed by atoms with Crippen LogP contribution in [0.2, 0.25) is 5.02 Å². The highest BCUT2D eigenvalue weighted by molar-refractivity contribution is 7.92. The minimum absolute atomic E-state index is 0.252. The number of carbonyl (C=O) groups excluding carboxylic acids is 1. The van der Waals surface area contributed by atoms with Crippen molar-refractivity contribution in [3.63, 3.8) is 0 Å². The Hall–Kier alpha value is -2.05. The molecule has 0 fully saturated rings. The Labute approximate surface area is 179 Å². The van der Waals surface area contributed by atoms with E-state index >= 15 is 0 Å². The minimum Gasteiger partial charge on any atom is -0.348 e. The summed E-state index contributed by atoms with van der Waals surface area (Å²) in [6.45, 7) is 9.54. The monoisotopic (exact) mass is 436 g/mol. The zero-order chi connectivity index (χ0) is 21.9. The average Bonchev–Trinajstić information content (AvgIpc) is 2.62. The lowest BCUT2D eigenvalue weighted by Crippen LogP contribution is -2.50. The Morgan fingerprint density at radius 2 is 1.69 bits per heavy atom. The molecular formula is C22H29ClN2O3S.